The van der Waals surface area contributed by atoms with Gasteiger partial charge in [0.25, 0.3) is 0 Å². The van der Waals surface area contributed by atoms with E-state index in [0.29, 0.717) is 24.7 Å². The van der Waals surface area contributed by atoms with Crippen LogP contribution < -0.4 is 4.74 Å². The second kappa shape index (κ2) is 9.62. The second-order valence-electron chi connectivity index (χ2n) is 8.31. The summed E-state index contributed by atoms with van der Waals surface area (Å²) in [6.45, 7) is 2.77. The van der Waals surface area contributed by atoms with E-state index in [1.807, 2.05) is 0 Å². The van der Waals surface area contributed by atoms with Gasteiger partial charge in [-0.3, -0.25) is 0 Å². The van der Waals surface area contributed by atoms with Gasteiger partial charge in [0.05, 0.1) is 22.6 Å². The van der Waals surface area contributed by atoms with E-state index in [2.05, 4.69) is 6.92 Å². The number of rotatable bonds is 3. The quantitative estimate of drug-likeness (QED) is 0.173. The van der Waals surface area contributed by atoms with Crippen molar-refractivity contribution >= 4 is 16.7 Å². The van der Waals surface area contributed by atoms with Gasteiger partial charge in [-0.1, -0.05) is 25.0 Å². The number of carbonyl (C=O) groups is 1. The molecular weight excluding hydrogens is 474 g/mol. The fourth-order valence-electron chi connectivity index (χ4n) is 3.84. The SMILES string of the molecule is CC1CCC(c2ccc(OC(=O)c3cc(F)c4c(F)c(C#CC(F)(F)F)c(F)cc4c3)cc2)OC1. The summed E-state index contributed by atoms with van der Waals surface area (Å²) < 4.78 is 91.4. The van der Waals surface area contributed by atoms with Crippen molar-refractivity contribution in [2.45, 2.75) is 32.0 Å². The molecule has 9 heteroatoms. The third kappa shape index (κ3) is 5.60. The molecule has 35 heavy (non-hydrogen) atoms. The molecule has 0 N–H and O–H groups in total. The Kier molecular flexibility index (Phi) is 6.77. The van der Waals surface area contributed by atoms with E-state index >= 15 is 0 Å². The molecule has 0 aliphatic carbocycles. The summed E-state index contributed by atoms with van der Waals surface area (Å²) in [5, 5.41) is -1.16. The maximum Gasteiger partial charge on any atom is 0.458 e. The first-order valence-electron chi connectivity index (χ1n) is 10.7. The van der Waals surface area contributed by atoms with Crippen molar-refractivity contribution in [3.8, 4) is 17.6 Å². The largest absolute Gasteiger partial charge is 0.458 e. The normalized spacial score (nSPS) is 18.1. The van der Waals surface area contributed by atoms with Crippen LogP contribution in [-0.2, 0) is 4.74 Å². The predicted octanol–water partition coefficient (Wildman–Crippen LogP) is 6.88. The van der Waals surface area contributed by atoms with Crippen LogP contribution in [0.5, 0.6) is 5.75 Å². The number of fused-ring (bicyclic) bond motifs is 1. The molecule has 0 radical (unpaired) electrons. The molecule has 3 aromatic rings. The summed E-state index contributed by atoms with van der Waals surface area (Å²) in [4.78, 5) is 12.5. The number of carbonyl (C=O) groups excluding carboxylic acids is 1. The van der Waals surface area contributed by atoms with Gasteiger partial charge in [-0.25, -0.2) is 18.0 Å². The third-order valence-corrected chi connectivity index (χ3v) is 5.61. The second-order valence-corrected chi connectivity index (χ2v) is 8.31. The Morgan fingerprint density at radius 2 is 1.74 bits per heavy atom. The molecule has 1 heterocycles. The third-order valence-electron chi connectivity index (χ3n) is 5.61. The first-order chi connectivity index (χ1) is 16.5. The highest BCUT2D eigenvalue weighted by molar-refractivity contribution is 5.97. The maximum absolute atomic E-state index is 14.6. The Hall–Kier alpha value is -3.51. The molecule has 2 unspecified atom stereocenters. The van der Waals surface area contributed by atoms with Crippen LogP contribution in [0.2, 0.25) is 0 Å². The van der Waals surface area contributed by atoms with E-state index in [4.69, 9.17) is 9.47 Å². The molecule has 182 valence electrons. The van der Waals surface area contributed by atoms with Crippen LogP contribution in [0, 0.1) is 35.2 Å². The fraction of sp³-hybridized carbons (Fsp3) is 0.269. The smallest absolute Gasteiger partial charge is 0.423 e. The van der Waals surface area contributed by atoms with Crippen LogP contribution in [0.25, 0.3) is 10.8 Å². The lowest BCUT2D eigenvalue weighted by Gasteiger charge is -2.27. The van der Waals surface area contributed by atoms with Gasteiger partial charge in [-0.15, -0.1) is 0 Å². The average molecular weight is 492 g/mol. The van der Waals surface area contributed by atoms with Gasteiger partial charge in [0.1, 0.15) is 17.4 Å². The van der Waals surface area contributed by atoms with Gasteiger partial charge in [0, 0.05) is 12.5 Å². The Labute approximate surface area is 196 Å². The highest BCUT2D eigenvalue weighted by atomic mass is 19.4. The molecule has 1 aliphatic rings. The van der Waals surface area contributed by atoms with Gasteiger partial charge in [-0.05, 0) is 60.0 Å². The number of alkyl halides is 3. The van der Waals surface area contributed by atoms with Crippen LogP contribution in [0.4, 0.5) is 26.3 Å². The highest BCUT2D eigenvalue weighted by Crippen LogP contribution is 2.32. The first-order valence-corrected chi connectivity index (χ1v) is 10.7. The molecule has 3 nitrogen and oxygen atoms in total. The van der Waals surface area contributed by atoms with Crippen LogP contribution in [0.1, 0.15) is 47.4 Å². The summed E-state index contributed by atoms with van der Waals surface area (Å²) in [6.07, 6.45) is -3.14. The van der Waals surface area contributed by atoms with E-state index in [1.165, 1.54) is 5.92 Å². The van der Waals surface area contributed by atoms with E-state index in [-0.39, 0.29) is 22.8 Å². The summed E-state index contributed by atoms with van der Waals surface area (Å²) in [7, 11) is 0. The van der Waals surface area contributed by atoms with E-state index in [9.17, 15) is 31.1 Å². The van der Waals surface area contributed by atoms with E-state index < -0.39 is 40.5 Å². The average Bonchev–Trinajstić information content (AvgIpc) is 2.78. The van der Waals surface area contributed by atoms with Crippen LogP contribution >= 0.6 is 0 Å². The molecule has 3 aromatic carbocycles. The maximum atomic E-state index is 14.6. The van der Waals surface area contributed by atoms with Crippen molar-refractivity contribution in [1.82, 2.24) is 0 Å². The minimum atomic E-state index is -4.99. The van der Waals surface area contributed by atoms with Gasteiger partial charge in [0.15, 0.2) is 5.82 Å². The molecule has 1 fully saturated rings. The number of hydrogen-bond acceptors (Lipinski definition) is 3. The van der Waals surface area contributed by atoms with E-state index in [0.717, 1.165) is 30.4 Å². The number of halogens is 6. The summed E-state index contributed by atoms with van der Waals surface area (Å²) in [5.41, 5.74) is -0.638. The van der Waals surface area contributed by atoms with Crippen molar-refractivity contribution in [1.29, 1.82) is 0 Å². The molecular formula is C26H18F6O3. The monoisotopic (exact) mass is 492 g/mol. The van der Waals surface area contributed by atoms with Crippen molar-refractivity contribution < 1.29 is 40.6 Å². The molecule has 1 aliphatic heterocycles. The zero-order valence-corrected chi connectivity index (χ0v) is 18.3. The molecule has 2 atom stereocenters. The summed E-state index contributed by atoms with van der Waals surface area (Å²) in [6, 6.07) is 8.86. The van der Waals surface area contributed by atoms with Crippen molar-refractivity contribution in [2.24, 2.45) is 5.92 Å². The number of hydrogen-bond donors (Lipinski definition) is 0. The zero-order valence-electron chi connectivity index (χ0n) is 18.3. The summed E-state index contributed by atoms with van der Waals surface area (Å²) in [5.74, 6) is -2.52. The highest BCUT2D eigenvalue weighted by Gasteiger charge is 2.25. The minimum absolute atomic E-state index is 0.0546. The van der Waals surface area contributed by atoms with Crippen molar-refractivity contribution in [3.63, 3.8) is 0 Å². The molecule has 0 amide bonds. The van der Waals surface area contributed by atoms with Crippen molar-refractivity contribution in [2.75, 3.05) is 6.61 Å². The van der Waals surface area contributed by atoms with Gasteiger partial charge in [-0.2, -0.15) is 13.2 Å². The summed E-state index contributed by atoms with van der Waals surface area (Å²) >= 11 is 0. The first kappa shape index (κ1) is 24.6. The lowest BCUT2D eigenvalue weighted by Crippen LogP contribution is -2.18. The minimum Gasteiger partial charge on any atom is -0.423 e. The lowest BCUT2D eigenvalue weighted by molar-refractivity contribution is -0.0696. The number of esters is 1. The zero-order chi connectivity index (χ0) is 25.3. The Balaban J connectivity index is 1.57. The molecule has 1 saturated heterocycles. The Morgan fingerprint density at radius 1 is 1.03 bits per heavy atom. The van der Waals surface area contributed by atoms with Gasteiger partial charge >= 0.3 is 12.1 Å². The van der Waals surface area contributed by atoms with Crippen LogP contribution in [0.15, 0.2) is 42.5 Å². The molecule has 0 saturated carbocycles. The molecule has 0 spiro atoms. The van der Waals surface area contributed by atoms with Crippen LogP contribution in [-0.4, -0.2) is 18.8 Å². The number of ether oxygens (including phenoxy) is 2. The molecule has 0 bridgehead atoms. The van der Waals surface area contributed by atoms with Crippen LogP contribution in [0.3, 0.4) is 0 Å². The topological polar surface area (TPSA) is 35.5 Å². The Bertz CT molecular complexity index is 1330. The lowest BCUT2D eigenvalue weighted by atomic mass is 9.96. The van der Waals surface area contributed by atoms with Crippen molar-refractivity contribution in [3.05, 3.63) is 76.6 Å². The fourth-order valence-corrected chi connectivity index (χ4v) is 3.84. The predicted molar refractivity (Wildman–Crippen MR) is 115 cm³/mol. The molecule has 4 rings (SSSR count). The van der Waals surface area contributed by atoms with Gasteiger partial charge < -0.3 is 9.47 Å². The number of benzene rings is 3. The van der Waals surface area contributed by atoms with E-state index in [1.54, 1.807) is 24.3 Å². The Morgan fingerprint density at radius 3 is 2.37 bits per heavy atom. The van der Waals surface area contributed by atoms with Gasteiger partial charge in [0.2, 0.25) is 0 Å². The molecule has 0 aromatic heterocycles. The standard InChI is InChI=1S/C26H18F6O3/c1-14-2-7-22(34-13-14)15-3-5-18(6-4-15)35-25(33)17-10-16-11-20(27)19(8-9-26(30,31)32)24(29)23(16)21(28)12-17/h3-6,10-12,14,22H,2,7,13H2,1H3.